The molecule has 0 aromatic heterocycles. The highest BCUT2D eigenvalue weighted by Crippen LogP contribution is 3.02. The van der Waals surface area contributed by atoms with Crippen LogP contribution in [0.3, 0.4) is 0 Å². The van der Waals surface area contributed by atoms with E-state index in [1.807, 2.05) is 0 Å². The monoisotopic (exact) mass is 361 g/mol. The first-order chi connectivity index (χ1) is 12.5. The first kappa shape index (κ1) is 13.6. The molecule has 3 spiro atoms. The van der Waals surface area contributed by atoms with Gasteiger partial charge in [-0.1, -0.05) is 0 Å². The molecule has 8 rings (SSSR count). The third-order valence-electron chi connectivity index (χ3n) is 8.76. The van der Waals surface area contributed by atoms with Crippen molar-refractivity contribution in [3.8, 4) is 0 Å². The maximum atomic E-state index is 13.3. The number of fused-ring (bicyclic) bond motifs is 4. The summed E-state index contributed by atoms with van der Waals surface area (Å²) < 4.78 is 29.5. The molecule has 6 heterocycles. The second-order valence-corrected chi connectivity index (χ2v) is 8.88. The highest BCUT2D eigenvalue weighted by molar-refractivity contribution is 6.04. The number of hydrogen-bond acceptors (Lipinski definition) is 9. The second kappa shape index (κ2) is 3.23. The molecule has 6 aliphatic heterocycles. The largest absolute Gasteiger partial charge is 0.459 e. The summed E-state index contributed by atoms with van der Waals surface area (Å²) in [6, 6.07) is 0. The van der Waals surface area contributed by atoms with Crippen molar-refractivity contribution in [1.29, 1.82) is 0 Å². The fourth-order valence-corrected chi connectivity index (χ4v) is 8.40. The normalized spacial score (nSPS) is 67.8. The van der Waals surface area contributed by atoms with E-state index in [4.69, 9.17) is 29.4 Å². The van der Waals surface area contributed by atoms with Gasteiger partial charge in [-0.25, -0.2) is 0 Å². The number of hydrogen-bond donors (Lipinski definition) is 1. The van der Waals surface area contributed by atoms with Crippen molar-refractivity contribution < 1.29 is 38.1 Å². The Labute approximate surface area is 146 Å². The molecule has 9 heteroatoms. The van der Waals surface area contributed by atoms with Gasteiger partial charge in [0.05, 0.1) is 42.1 Å². The number of nitrogens with two attached hydrogens (primary N) is 1. The number of ether oxygens (including phenoxy) is 5. The van der Waals surface area contributed by atoms with Crippen molar-refractivity contribution in [1.82, 2.24) is 0 Å². The van der Waals surface area contributed by atoms with Gasteiger partial charge in [0.2, 0.25) is 5.79 Å². The Balaban J connectivity index is 1.29. The first-order valence-electron chi connectivity index (χ1n) is 9.14. The average Bonchev–Trinajstić information content (AvgIpc) is 2.99. The molecule has 9 nitrogen and oxygen atoms in total. The van der Waals surface area contributed by atoms with Crippen molar-refractivity contribution in [3.05, 3.63) is 0 Å². The molecule has 8 fully saturated rings. The highest BCUT2D eigenvalue weighted by Gasteiger charge is 3.18. The lowest BCUT2D eigenvalue weighted by molar-refractivity contribution is -0.243. The maximum Gasteiger partial charge on any atom is 0.319 e. The molecular weight excluding hydrogens is 346 g/mol. The average molecular weight is 361 g/mol. The summed E-state index contributed by atoms with van der Waals surface area (Å²) in [7, 11) is 0. The summed E-state index contributed by atoms with van der Waals surface area (Å²) in [6.45, 7) is -0.307. The summed E-state index contributed by atoms with van der Waals surface area (Å²) in [6.07, 6.45) is -1.01. The minimum Gasteiger partial charge on any atom is -0.459 e. The van der Waals surface area contributed by atoms with Gasteiger partial charge in [0.15, 0.2) is 5.78 Å². The van der Waals surface area contributed by atoms with Gasteiger partial charge in [0, 0.05) is 6.42 Å². The molecule has 11 atom stereocenters. The molecule has 2 saturated carbocycles. The van der Waals surface area contributed by atoms with Crippen LogP contribution >= 0.6 is 0 Å². The Morgan fingerprint density at radius 3 is 2.69 bits per heavy atom. The van der Waals surface area contributed by atoms with Crippen LogP contribution in [0, 0.1) is 28.1 Å². The predicted octanol–water partition coefficient (Wildman–Crippen LogP) is -2.12. The van der Waals surface area contributed by atoms with Crippen LogP contribution in [0.4, 0.5) is 0 Å². The number of ketones is 1. The maximum absolute atomic E-state index is 13.3. The first-order valence-corrected chi connectivity index (χ1v) is 9.14. The molecule has 0 radical (unpaired) electrons. The number of carbonyl (C=O) groups excluding carboxylic acids is 3. The fraction of sp³-hybridized carbons (Fsp3) is 0.824. The van der Waals surface area contributed by atoms with E-state index in [1.54, 1.807) is 0 Å². The van der Waals surface area contributed by atoms with Gasteiger partial charge in [-0.05, 0) is 0 Å². The van der Waals surface area contributed by atoms with Gasteiger partial charge in [-0.3, -0.25) is 14.4 Å². The third kappa shape index (κ3) is 0.789. The molecule has 26 heavy (non-hydrogen) atoms. The van der Waals surface area contributed by atoms with Crippen LogP contribution in [0.1, 0.15) is 6.42 Å². The van der Waals surface area contributed by atoms with Gasteiger partial charge in [-0.2, -0.15) is 0 Å². The topological polar surface area (TPSA) is 123 Å². The van der Waals surface area contributed by atoms with E-state index < -0.39 is 34.1 Å². The lowest BCUT2D eigenvalue weighted by Crippen LogP contribution is -2.52. The summed E-state index contributed by atoms with van der Waals surface area (Å²) in [5, 5.41) is 0. The minimum absolute atomic E-state index is 0.121. The van der Waals surface area contributed by atoms with E-state index in [9.17, 15) is 14.4 Å². The van der Waals surface area contributed by atoms with Crippen LogP contribution in [-0.4, -0.2) is 67.2 Å². The summed E-state index contributed by atoms with van der Waals surface area (Å²) in [5.74, 6) is -2.41. The van der Waals surface area contributed by atoms with E-state index in [-0.39, 0.29) is 61.2 Å². The SMILES string of the molecule is NCC(=O)COC12OC(=O)C34C5OC(C1C52)C31C2CC3OC(=O)C41C3O2. The van der Waals surface area contributed by atoms with E-state index in [0.29, 0.717) is 6.42 Å². The predicted molar refractivity (Wildman–Crippen MR) is 74.9 cm³/mol. The quantitative estimate of drug-likeness (QED) is 0.560. The molecule has 136 valence electrons. The van der Waals surface area contributed by atoms with Crippen molar-refractivity contribution >= 4 is 17.7 Å². The molecule has 4 bridgehead atoms. The number of carbonyl (C=O) groups is 3. The van der Waals surface area contributed by atoms with Gasteiger partial charge in [0.25, 0.3) is 0 Å². The van der Waals surface area contributed by atoms with Gasteiger partial charge in [-0.15, -0.1) is 0 Å². The molecule has 0 aromatic rings. The van der Waals surface area contributed by atoms with Crippen molar-refractivity contribution in [3.63, 3.8) is 0 Å². The zero-order chi connectivity index (χ0) is 17.4. The molecule has 6 saturated heterocycles. The van der Waals surface area contributed by atoms with E-state index in [1.165, 1.54) is 0 Å². The number of rotatable bonds is 4. The van der Waals surface area contributed by atoms with E-state index in [2.05, 4.69) is 0 Å². The smallest absolute Gasteiger partial charge is 0.319 e. The van der Waals surface area contributed by atoms with Crippen molar-refractivity contribution in [2.75, 3.05) is 13.2 Å². The van der Waals surface area contributed by atoms with Gasteiger partial charge in [0.1, 0.15) is 29.6 Å². The zero-order valence-electron chi connectivity index (χ0n) is 13.5. The lowest BCUT2D eigenvalue weighted by Gasteiger charge is -2.36. The number of esters is 2. The Hall–Kier alpha value is -1.55. The molecule has 0 aromatic carbocycles. The van der Waals surface area contributed by atoms with Gasteiger partial charge >= 0.3 is 11.9 Å². The molecule has 0 amide bonds. The Morgan fingerprint density at radius 1 is 1.12 bits per heavy atom. The van der Waals surface area contributed by atoms with Gasteiger partial charge < -0.3 is 29.4 Å². The Morgan fingerprint density at radius 2 is 1.88 bits per heavy atom. The number of Topliss-reactive ketones (excluding diaryl/α,β-unsaturated/α-hetero) is 1. The lowest BCUT2D eigenvalue weighted by atomic mass is 9.74. The van der Waals surface area contributed by atoms with Crippen LogP contribution in [0.5, 0.6) is 0 Å². The second-order valence-electron chi connectivity index (χ2n) is 8.88. The van der Waals surface area contributed by atoms with Crippen LogP contribution in [0.15, 0.2) is 0 Å². The molecule has 8 aliphatic rings. The standard InChI is InChI=1S/C17H15NO8/c18-2-4(19)3-22-17-7-8(17)11-16(13(21)26-17)14(10(7)25-11)6-1-5-9(24-6)15(14,16)12(20)23-5/h5-11H,1-3,18H2. The summed E-state index contributed by atoms with van der Waals surface area (Å²) >= 11 is 0. The van der Waals surface area contributed by atoms with Crippen molar-refractivity contribution in [2.24, 2.45) is 33.8 Å². The van der Waals surface area contributed by atoms with Crippen LogP contribution < -0.4 is 5.73 Å². The zero-order valence-corrected chi connectivity index (χ0v) is 13.5. The third-order valence-corrected chi connectivity index (χ3v) is 8.76. The fourth-order valence-electron chi connectivity index (χ4n) is 8.40. The molecule has 2 aliphatic carbocycles. The Bertz CT molecular complexity index is 888. The van der Waals surface area contributed by atoms with Crippen LogP contribution in [0.2, 0.25) is 0 Å². The van der Waals surface area contributed by atoms with Crippen LogP contribution in [-0.2, 0) is 38.1 Å². The van der Waals surface area contributed by atoms with E-state index in [0.717, 1.165) is 0 Å². The summed E-state index contributed by atoms with van der Waals surface area (Å²) in [5.41, 5.74) is 2.73. The Kier molecular flexibility index (Phi) is 1.69. The molecular formula is C17H15NO8. The minimum atomic E-state index is -1.10. The van der Waals surface area contributed by atoms with Crippen LogP contribution in [0.25, 0.3) is 0 Å². The molecule has 11 unspecified atom stereocenters. The molecule has 2 N–H and O–H groups in total. The highest BCUT2D eigenvalue weighted by atomic mass is 16.7. The van der Waals surface area contributed by atoms with E-state index >= 15 is 0 Å². The summed E-state index contributed by atoms with van der Waals surface area (Å²) in [4.78, 5) is 37.8. The van der Waals surface area contributed by atoms with Crippen molar-refractivity contribution in [2.45, 2.75) is 42.7 Å².